The number of aryl methyl sites for hydroxylation is 1. The standard InChI is InChI=1S/C14H20N4O.ClH/c1-2-14-16-13(17-19-14)11-18(9-8-15)10-12-6-4-3-5-7-12;/h3-7H,2,8-11,15H2,1H3;1H. The first kappa shape index (κ1) is 16.6. The molecule has 0 radical (unpaired) electrons. The predicted molar refractivity (Wildman–Crippen MR) is 80.5 cm³/mol. The Kier molecular flexibility index (Phi) is 7.22. The van der Waals surface area contributed by atoms with Crippen molar-refractivity contribution in [2.24, 2.45) is 5.73 Å². The second-order valence-electron chi connectivity index (χ2n) is 4.44. The van der Waals surface area contributed by atoms with E-state index < -0.39 is 0 Å². The van der Waals surface area contributed by atoms with Gasteiger partial charge in [-0.3, -0.25) is 4.90 Å². The first-order chi connectivity index (χ1) is 9.31. The Balaban J connectivity index is 0.00000200. The lowest BCUT2D eigenvalue weighted by molar-refractivity contribution is 0.252. The maximum atomic E-state index is 5.66. The van der Waals surface area contributed by atoms with E-state index >= 15 is 0 Å². The molecule has 0 aliphatic heterocycles. The number of nitrogens with two attached hydrogens (primary N) is 1. The van der Waals surface area contributed by atoms with Crippen molar-refractivity contribution in [2.45, 2.75) is 26.4 Å². The first-order valence-electron chi connectivity index (χ1n) is 6.59. The van der Waals surface area contributed by atoms with Gasteiger partial charge in [-0.15, -0.1) is 12.4 Å². The Bertz CT molecular complexity index is 489. The van der Waals surface area contributed by atoms with E-state index in [0.29, 0.717) is 19.0 Å². The minimum atomic E-state index is 0. The first-order valence-corrected chi connectivity index (χ1v) is 6.59. The molecule has 2 aromatic rings. The van der Waals surface area contributed by atoms with E-state index in [1.54, 1.807) is 0 Å². The van der Waals surface area contributed by atoms with Crippen LogP contribution in [0.2, 0.25) is 0 Å². The molecule has 1 heterocycles. The summed E-state index contributed by atoms with van der Waals surface area (Å²) in [6.45, 7) is 4.93. The summed E-state index contributed by atoms with van der Waals surface area (Å²) >= 11 is 0. The van der Waals surface area contributed by atoms with Crippen LogP contribution in [0.5, 0.6) is 0 Å². The van der Waals surface area contributed by atoms with Crippen LogP contribution in [0.15, 0.2) is 34.9 Å². The van der Waals surface area contributed by atoms with Gasteiger partial charge in [0.05, 0.1) is 6.54 Å². The zero-order valence-corrected chi connectivity index (χ0v) is 12.5. The Morgan fingerprint density at radius 1 is 1.20 bits per heavy atom. The summed E-state index contributed by atoms with van der Waals surface area (Å²) in [5.74, 6) is 1.41. The van der Waals surface area contributed by atoms with Gasteiger partial charge in [-0.05, 0) is 5.56 Å². The normalized spacial score (nSPS) is 10.6. The molecule has 2 N–H and O–H groups in total. The van der Waals surface area contributed by atoms with Crippen LogP contribution in [0.3, 0.4) is 0 Å². The molecule has 0 spiro atoms. The van der Waals surface area contributed by atoms with Crippen molar-refractivity contribution in [1.82, 2.24) is 15.0 Å². The lowest BCUT2D eigenvalue weighted by atomic mass is 10.2. The van der Waals surface area contributed by atoms with Gasteiger partial charge in [0, 0.05) is 26.1 Å². The van der Waals surface area contributed by atoms with E-state index in [1.807, 2.05) is 25.1 Å². The second-order valence-corrected chi connectivity index (χ2v) is 4.44. The van der Waals surface area contributed by atoms with Crippen molar-refractivity contribution in [1.29, 1.82) is 0 Å². The number of nitrogens with zero attached hydrogens (tertiary/aromatic N) is 3. The molecule has 0 aliphatic rings. The van der Waals surface area contributed by atoms with Crippen LogP contribution in [0.1, 0.15) is 24.2 Å². The quantitative estimate of drug-likeness (QED) is 0.846. The third-order valence-electron chi connectivity index (χ3n) is 2.87. The van der Waals surface area contributed by atoms with Gasteiger partial charge in [0.25, 0.3) is 0 Å². The summed E-state index contributed by atoms with van der Waals surface area (Å²) in [7, 11) is 0. The lowest BCUT2D eigenvalue weighted by Gasteiger charge is -2.19. The average Bonchev–Trinajstić information content (AvgIpc) is 2.88. The van der Waals surface area contributed by atoms with Crippen LogP contribution < -0.4 is 5.73 Å². The predicted octanol–water partition coefficient (Wildman–Crippen LogP) is 2.01. The summed E-state index contributed by atoms with van der Waals surface area (Å²) < 4.78 is 5.12. The molecule has 0 fully saturated rings. The fraction of sp³-hybridized carbons (Fsp3) is 0.429. The maximum Gasteiger partial charge on any atom is 0.226 e. The molecule has 0 aliphatic carbocycles. The van der Waals surface area contributed by atoms with Gasteiger partial charge in [-0.1, -0.05) is 42.4 Å². The summed E-state index contributed by atoms with van der Waals surface area (Å²) in [4.78, 5) is 6.55. The molecule has 1 aromatic heterocycles. The number of aromatic nitrogens is 2. The van der Waals surface area contributed by atoms with Gasteiger partial charge < -0.3 is 10.3 Å². The van der Waals surface area contributed by atoms with Crippen LogP contribution >= 0.6 is 12.4 Å². The van der Waals surface area contributed by atoms with Gasteiger partial charge in [0.15, 0.2) is 5.82 Å². The van der Waals surface area contributed by atoms with Gasteiger partial charge >= 0.3 is 0 Å². The SMILES string of the molecule is CCc1nc(CN(CCN)Cc2ccccc2)no1.Cl. The summed E-state index contributed by atoms with van der Waals surface area (Å²) in [5, 5.41) is 3.98. The second kappa shape index (κ2) is 8.68. The monoisotopic (exact) mass is 296 g/mol. The lowest BCUT2D eigenvalue weighted by Crippen LogP contribution is -2.29. The Labute approximate surface area is 125 Å². The van der Waals surface area contributed by atoms with Crippen molar-refractivity contribution in [2.75, 3.05) is 13.1 Å². The molecular weight excluding hydrogens is 276 g/mol. The van der Waals surface area contributed by atoms with E-state index in [4.69, 9.17) is 10.3 Å². The average molecular weight is 297 g/mol. The van der Waals surface area contributed by atoms with Crippen molar-refractivity contribution in [3.8, 4) is 0 Å². The topological polar surface area (TPSA) is 68.2 Å². The van der Waals surface area contributed by atoms with E-state index in [0.717, 1.165) is 25.3 Å². The molecule has 0 amide bonds. The third-order valence-corrected chi connectivity index (χ3v) is 2.87. The summed E-state index contributed by atoms with van der Waals surface area (Å²) in [6, 6.07) is 10.3. The van der Waals surface area contributed by atoms with Crippen LogP contribution in [0.4, 0.5) is 0 Å². The van der Waals surface area contributed by atoms with Gasteiger partial charge in [-0.25, -0.2) is 0 Å². The highest BCUT2D eigenvalue weighted by atomic mass is 35.5. The number of hydrogen-bond donors (Lipinski definition) is 1. The van der Waals surface area contributed by atoms with Crippen LogP contribution in [0, 0.1) is 0 Å². The van der Waals surface area contributed by atoms with Crippen LogP contribution in [-0.2, 0) is 19.5 Å². The van der Waals surface area contributed by atoms with Crippen LogP contribution in [0.25, 0.3) is 0 Å². The molecule has 2 rings (SSSR count). The summed E-state index contributed by atoms with van der Waals surface area (Å²) in [6.07, 6.45) is 0.766. The smallest absolute Gasteiger partial charge is 0.226 e. The van der Waals surface area contributed by atoms with Crippen LogP contribution in [-0.4, -0.2) is 28.1 Å². The highest BCUT2D eigenvalue weighted by Crippen LogP contribution is 2.08. The molecule has 20 heavy (non-hydrogen) atoms. The molecule has 0 atom stereocenters. The largest absolute Gasteiger partial charge is 0.339 e. The molecule has 0 saturated carbocycles. The van der Waals surface area contributed by atoms with Gasteiger partial charge in [0.1, 0.15) is 0 Å². The zero-order chi connectivity index (χ0) is 13.5. The van der Waals surface area contributed by atoms with E-state index in [-0.39, 0.29) is 12.4 Å². The van der Waals surface area contributed by atoms with Crippen molar-refractivity contribution >= 4 is 12.4 Å². The highest BCUT2D eigenvalue weighted by Gasteiger charge is 2.11. The number of benzene rings is 1. The number of hydrogen-bond acceptors (Lipinski definition) is 5. The minimum Gasteiger partial charge on any atom is -0.339 e. The third kappa shape index (κ3) is 4.92. The number of rotatable bonds is 7. The maximum absolute atomic E-state index is 5.66. The molecular formula is C14H21ClN4O. The van der Waals surface area contributed by atoms with E-state index in [9.17, 15) is 0 Å². The Morgan fingerprint density at radius 3 is 2.55 bits per heavy atom. The van der Waals surface area contributed by atoms with Gasteiger partial charge in [-0.2, -0.15) is 4.98 Å². The number of halogens is 1. The molecule has 6 heteroatoms. The van der Waals surface area contributed by atoms with Gasteiger partial charge in [0.2, 0.25) is 5.89 Å². The van der Waals surface area contributed by atoms with E-state index in [2.05, 4.69) is 27.2 Å². The van der Waals surface area contributed by atoms with Crippen molar-refractivity contribution in [3.63, 3.8) is 0 Å². The Morgan fingerprint density at radius 2 is 1.95 bits per heavy atom. The molecule has 0 unspecified atom stereocenters. The van der Waals surface area contributed by atoms with E-state index in [1.165, 1.54) is 5.56 Å². The highest BCUT2D eigenvalue weighted by molar-refractivity contribution is 5.85. The molecule has 110 valence electrons. The molecule has 0 saturated heterocycles. The molecule has 5 nitrogen and oxygen atoms in total. The Hall–Kier alpha value is -1.43. The minimum absolute atomic E-state index is 0. The summed E-state index contributed by atoms with van der Waals surface area (Å²) in [5.41, 5.74) is 6.92. The molecule has 0 bridgehead atoms. The van der Waals surface area contributed by atoms with Crippen molar-refractivity contribution in [3.05, 3.63) is 47.6 Å². The zero-order valence-electron chi connectivity index (χ0n) is 11.7. The fourth-order valence-corrected chi connectivity index (χ4v) is 1.94. The van der Waals surface area contributed by atoms with Crippen molar-refractivity contribution < 1.29 is 4.52 Å². The molecule has 1 aromatic carbocycles. The fourth-order valence-electron chi connectivity index (χ4n) is 1.94.